The standard InChI is InChI=1S/C22H17BrN2O4/c1-14(26)16-7-9-18(10-8-16)24-21(27)19(13-15-4-2-5-17(23)12-15)25-22(28)20-6-3-11-29-20/h2-13H,1H3,(H,24,27)(H,25,28)/b19-13+. The van der Waals surface area contributed by atoms with Gasteiger partial charge in [0.25, 0.3) is 11.8 Å². The van der Waals surface area contributed by atoms with Gasteiger partial charge in [-0.3, -0.25) is 14.4 Å². The van der Waals surface area contributed by atoms with Crippen molar-refractivity contribution >= 4 is 45.3 Å². The van der Waals surface area contributed by atoms with E-state index in [1.807, 2.05) is 18.2 Å². The zero-order valence-electron chi connectivity index (χ0n) is 15.4. The van der Waals surface area contributed by atoms with Crippen LogP contribution in [0.3, 0.4) is 0 Å². The van der Waals surface area contributed by atoms with Crippen molar-refractivity contribution < 1.29 is 18.8 Å². The first-order valence-electron chi connectivity index (χ1n) is 8.67. The molecule has 3 aromatic rings. The van der Waals surface area contributed by atoms with Gasteiger partial charge < -0.3 is 15.1 Å². The predicted octanol–water partition coefficient (Wildman–Crippen LogP) is 4.65. The molecular weight excluding hydrogens is 436 g/mol. The number of amides is 2. The minimum absolute atomic E-state index is 0.0418. The summed E-state index contributed by atoms with van der Waals surface area (Å²) < 4.78 is 5.92. The lowest BCUT2D eigenvalue weighted by Gasteiger charge is -2.11. The normalized spacial score (nSPS) is 11.0. The average Bonchev–Trinajstić information content (AvgIpc) is 3.23. The Morgan fingerprint density at radius 1 is 1.00 bits per heavy atom. The Balaban J connectivity index is 1.85. The second-order valence-corrected chi connectivity index (χ2v) is 7.05. The average molecular weight is 453 g/mol. The van der Waals surface area contributed by atoms with Gasteiger partial charge in [0.05, 0.1) is 6.26 Å². The number of anilines is 1. The fourth-order valence-corrected chi connectivity index (χ4v) is 2.92. The Morgan fingerprint density at radius 2 is 1.76 bits per heavy atom. The second kappa shape index (κ2) is 9.16. The van der Waals surface area contributed by atoms with Crippen LogP contribution in [0.4, 0.5) is 5.69 Å². The maximum Gasteiger partial charge on any atom is 0.291 e. The van der Waals surface area contributed by atoms with Crippen LogP contribution in [0.15, 0.2) is 81.5 Å². The Kier molecular flexibility index (Phi) is 6.41. The van der Waals surface area contributed by atoms with Gasteiger partial charge in [-0.05, 0) is 67.1 Å². The molecule has 6 nitrogen and oxygen atoms in total. The number of carbonyl (C=O) groups is 3. The van der Waals surface area contributed by atoms with Crippen LogP contribution in [-0.2, 0) is 4.79 Å². The molecule has 0 aliphatic heterocycles. The summed E-state index contributed by atoms with van der Waals surface area (Å²) in [6.45, 7) is 1.47. The van der Waals surface area contributed by atoms with E-state index in [0.29, 0.717) is 11.3 Å². The summed E-state index contributed by atoms with van der Waals surface area (Å²) in [4.78, 5) is 36.6. The van der Waals surface area contributed by atoms with E-state index in [1.165, 1.54) is 19.3 Å². The number of nitrogens with one attached hydrogen (secondary N) is 2. The van der Waals surface area contributed by atoms with Crippen molar-refractivity contribution in [2.24, 2.45) is 0 Å². The molecule has 0 spiro atoms. The number of halogens is 1. The molecular formula is C22H17BrN2O4. The molecule has 0 fully saturated rings. The first-order valence-corrected chi connectivity index (χ1v) is 9.46. The lowest BCUT2D eigenvalue weighted by atomic mass is 10.1. The Labute approximate surface area is 175 Å². The summed E-state index contributed by atoms with van der Waals surface area (Å²) in [6, 6.07) is 16.9. The molecule has 3 rings (SSSR count). The largest absolute Gasteiger partial charge is 0.459 e. The molecule has 2 aromatic carbocycles. The van der Waals surface area contributed by atoms with Crippen LogP contribution in [0.5, 0.6) is 0 Å². The van der Waals surface area contributed by atoms with Gasteiger partial charge in [0.2, 0.25) is 0 Å². The maximum absolute atomic E-state index is 12.8. The van der Waals surface area contributed by atoms with Crippen molar-refractivity contribution in [2.75, 3.05) is 5.32 Å². The Hall–Kier alpha value is -3.45. The fraction of sp³-hybridized carbons (Fsp3) is 0.0455. The summed E-state index contributed by atoms with van der Waals surface area (Å²) in [5.74, 6) is -1.04. The van der Waals surface area contributed by atoms with Gasteiger partial charge in [-0.25, -0.2) is 0 Å². The van der Waals surface area contributed by atoms with E-state index in [-0.39, 0.29) is 17.2 Å². The van der Waals surface area contributed by atoms with Gasteiger partial charge in [0.1, 0.15) is 5.70 Å². The zero-order valence-corrected chi connectivity index (χ0v) is 17.0. The molecule has 7 heteroatoms. The van der Waals surface area contributed by atoms with E-state index in [0.717, 1.165) is 10.0 Å². The Bertz CT molecular complexity index is 1070. The predicted molar refractivity (Wildman–Crippen MR) is 113 cm³/mol. The number of furan rings is 1. The summed E-state index contributed by atoms with van der Waals surface area (Å²) in [5.41, 5.74) is 1.79. The highest BCUT2D eigenvalue weighted by Crippen LogP contribution is 2.16. The first kappa shape index (κ1) is 20.3. The summed E-state index contributed by atoms with van der Waals surface area (Å²) in [5, 5.41) is 5.30. The molecule has 0 radical (unpaired) electrons. The third-order valence-electron chi connectivity index (χ3n) is 3.95. The van der Waals surface area contributed by atoms with Crippen LogP contribution in [0.2, 0.25) is 0 Å². The van der Waals surface area contributed by atoms with Crippen molar-refractivity contribution in [2.45, 2.75) is 6.92 Å². The molecule has 0 bridgehead atoms. The van der Waals surface area contributed by atoms with E-state index in [2.05, 4.69) is 26.6 Å². The zero-order chi connectivity index (χ0) is 20.8. The highest BCUT2D eigenvalue weighted by atomic mass is 79.9. The van der Waals surface area contributed by atoms with Gasteiger partial charge >= 0.3 is 0 Å². The Morgan fingerprint density at radius 3 is 2.38 bits per heavy atom. The van der Waals surface area contributed by atoms with E-state index in [1.54, 1.807) is 42.5 Å². The van der Waals surface area contributed by atoms with Crippen LogP contribution in [0, 0.1) is 0 Å². The molecule has 0 atom stereocenters. The third-order valence-corrected chi connectivity index (χ3v) is 4.44. The van der Waals surface area contributed by atoms with Crippen molar-refractivity contribution in [3.05, 3.63) is 94.0 Å². The molecule has 1 aromatic heterocycles. The fourth-order valence-electron chi connectivity index (χ4n) is 2.50. The number of rotatable bonds is 6. The highest BCUT2D eigenvalue weighted by Gasteiger charge is 2.17. The highest BCUT2D eigenvalue weighted by molar-refractivity contribution is 9.10. The van der Waals surface area contributed by atoms with Gasteiger partial charge in [0, 0.05) is 15.7 Å². The van der Waals surface area contributed by atoms with Crippen LogP contribution in [0.1, 0.15) is 33.4 Å². The lowest BCUT2D eigenvalue weighted by Crippen LogP contribution is -2.30. The molecule has 146 valence electrons. The topological polar surface area (TPSA) is 88.4 Å². The number of hydrogen-bond donors (Lipinski definition) is 2. The van der Waals surface area contributed by atoms with Gasteiger partial charge in [-0.1, -0.05) is 28.1 Å². The number of benzene rings is 2. The van der Waals surface area contributed by atoms with Crippen molar-refractivity contribution in [3.8, 4) is 0 Å². The monoisotopic (exact) mass is 452 g/mol. The molecule has 2 N–H and O–H groups in total. The van der Waals surface area contributed by atoms with E-state index in [4.69, 9.17) is 4.42 Å². The first-order chi connectivity index (χ1) is 13.9. The third kappa shape index (κ3) is 5.52. The molecule has 29 heavy (non-hydrogen) atoms. The minimum atomic E-state index is -0.543. The van der Waals surface area contributed by atoms with Gasteiger partial charge in [0.15, 0.2) is 11.5 Å². The molecule has 0 saturated carbocycles. The second-order valence-electron chi connectivity index (χ2n) is 6.13. The minimum Gasteiger partial charge on any atom is -0.459 e. The molecule has 2 amide bonds. The van der Waals surface area contributed by atoms with Crippen LogP contribution in [0.25, 0.3) is 6.08 Å². The quantitative estimate of drug-likeness (QED) is 0.420. The van der Waals surface area contributed by atoms with E-state index < -0.39 is 11.8 Å². The molecule has 0 aliphatic carbocycles. The summed E-state index contributed by atoms with van der Waals surface area (Å²) >= 11 is 3.38. The number of ketones is 1. The number of Topliss-reactive ketones (excluding diaryl/α,β-unsaturated/α-hetero) is 1. The van der Waals surface area contributed by atoms with Crippen molar-refractivity contribution in [3.63, 3.8) is 0 Å². The molecule has 1 heterocycles. The van der Waals surface area contributed by atoms with Crippen LogP contribution >= 0.6 is 15.9 Å². The van der Waals surface area contributed by atoms with Crippen molar-refractivity contribution in [1.29, 1.82) is 0 Å². The van der Waals surface area contributed by atoms with Gasteiger partial charge in [-0.2, -0.15) is 0 Å². The lowest BCUT2D eigenvalue weighted by molar-refractivity contribution is -0.113. The molecule has 0 saturated heterocycles. The van der Waals surface area contributed by atoms with Crippen molar-refractivity contribution in [1.82, 2.24) is 5.32 Å². The van der Waals surface area contributed by atoms with Gasteiger partial charge in [-0.15, -0.1) is 0 Å². The summed E-state index contributed by atoms with van der Waals surface area (Å²) in [6.07, 6.45) is 2.94. The van der Waals surface area contributed by atoms with E-state index >= 15 is 0 Å². The van der Waals surface area contributed by atoms with Crippen LogP contribution < -0.4 is 10.6 Å². The molecule has 0 aliphatic rings. The molecule has 0 unspecified atom stereocenters. The summed E-state index contributed by atoms with van der Waals surface area (Å²) in [7, 11) is 0. The maximum atomic E-state index is 12.8. The number of hydrogen-bond acceptors (Lipinski definition) is 4. The number of carbonyl (C=O) groups excluding carboxylic acids is 3. The van der Waals surface area contributed by atoms with Crippen LogP contribution in [-0.4, -0.2) is 17.6 Å². The SMILES string of the molecule is CC(=O)c1ccc(NC(=O)/C(=C\c2cccc(Br)c2)NC(=O)c2ccco2)cc1. The van der Waals surface area contributed by atoms with E-state index in [9.17, 15) is 14.4 Å². The smallest absolute Gasteiger partial charge is 0.291 e.